The number of hydrogen-bond acceptors (Lipinski definition) is 3. The number of rotatable bonds is 7. The number of piperidine rings is 1. The van der Waals surface area contributed by atoms with E-state index in [0.717, 1.165) is 5.92 Å². The van der Waals surface area contributed by atoms with E-state index in [4.69, 9.17) is 0 Å². The lowest BCUT2D eigenvalue weighted by atomic mass is 9.68. The van der Waals surface area contributed by atoms with Crippen molar-refractivity contribution in [2.24, 2.45) is 11.3 Å². The molecule has 1 saturated carbocycles. The second kappa shape index (κ2) is 7.05. The summed E-state index contributed by atoms with van der Waals surface area (Å²) in [5.41, 5.74) is 0.590. The molecule has 1 heterocycles. The fourth-order valence-corrected chi connectivity index (χ4v) is 4.01. The number of nitrogens with zero attached hydrogens (tertiary/aromatic N) is 2. The van der Waals surface area contributed by atoms with E-state index in [1.165, 1.54) is 71.2 Å². The van der Waals surface area contributed by atoms with Gasteiger partial charge < -0.3 is 15.1 Å². The van der Waals surface area contributed by atoms with Crippen LogP contribution in [0.4, 0.5) is 0 Å². The zero-order valence-corrected chi connectivity index (χ0v) is 13.2. The minimum absolute atomic E-state index is 0.590. The number of nitrogens with one attached hydrogen (secondary N) is 1. The van der Waals surface area contributed by atoms with E-state index >= 15 is 0 Å². The second-order valence-corrected chi connectivity index (χ2v) is 7.18. The Kier molecular flexibility index (Phi) is 5.67. The predicted octanol–water partition coefficient (Wildman–Crippen LogP) is 2.04. The molecule has 1 aliphatic carbocycles. The first-order valence-corrected chi connectivity index (χ1v) is 8.15. The highest BCUT2D eigenvalue weighted by molar-refractivity contribution is 4.91. The zero-order chi connectivity index (χ0) is 13.7. The summed E-state index contributed by atoms with van der Waals surface area (Å²) in [7, 11) is 6.69. The van der Waals surface area contributed by atoms with Crippen molar-refractivity contribution in [3.63, 3.8) is 0 Å². The molecule has 1 aliphatic heterocycles. The van der Waals surface area contributed by atoms with Crippen molar-refractivity contribution in [1.82, 2.24) is 15.1 Å². The molecular weight excluding hydrogens is 234 g/mol. The normalized spacial score (nSPS) is 27.5. The van der Waals surface area contributed by atoms with Crippen molar-refractivity contribution in [3.8, 4) is 0 Å². The Hall–Kier alpha value is -0.120. The van der Waals surface area contributed by atoms with Gasteiger partial charge in [0.1, 0.15) is 0 Å². The molecule has 0 amide bonds. The van der Waals surface area contributed by atoms with E-state index in [1.807, 2.05) is 0 Å². The summed E-state index contributed by atoms with van der Waals surface area (Å²) in [6.07, 6.45) is 8.50. The average Bonchev–Trinajstić information content (AvgIpc) is 2.34. The lowest BCUT2D eigenvalue weighted by Crippen LogP contribution is -2.47. The molecule has 0 aromatic carbocycles. The van der Waals surface area contributed by atoms with Crippen LogP contribution in [0, 0.1) is 11.3 Å². The van der Waals surface area contributed by atoms with Crippen LogP contribution in [0.15, 0.2) is 0 Å². The van der Waals surface area contributed by atoms with Crippen molar-refractivity contribution >= 4 is 0 Å². The molecular formula is C16H33N3. The van der Waals surface area contributed by atoms with Gasteiger partial charge in [0.25, 0.3) is 0 Å². The molecule has 3 nitrogen and oxygen atoms in total. The summed E-state index contributed by atoms with van der Waals surface area (Å²) < 4.78 is 0. The minimum Gasteiger partial charge on any atom is -0.319 e. The van der Waals surface area contributed by atoms with Crippen LogP contribution >= 0.6 is 0 Å². The second-order valence-electron chi connectivity index (χ2n) is 7.18. The molecule has 0 aromatic rings. The van der Waals surface area contributed by atoms with Crippen LogP contribution in [0.25, 0.3) is 0 Å². The standard InChI is InChI=1S/C16H33N3/c1-17-13-16(8-5-9-16)14-19(3)11-7-15-6-4-10-18(2)12-15/h15,17H,4-14H2,1-3H3. The first kappa shape index (κ1) is 15.3. The van der Waals surface area contributed by atoms with Crippen LogP contribution < -0.4 is 5.32 Å². The van der Waals surface area contributed by atoms with E-state index in [2.05, 4.69) is 36.3 Å². The highest BCUT2D eigenvalue weighted by Crippen LogP contribution is 2.40. The van der Waals surface area contributed by atoms with Gasteiger partial charge in [-0.3, -0.25) is 0 Å². The molecule has 0 aromatic heterocycles. The van der Waals surface area contributed by atoms with Crippen LogP contribution in [0.1, 0.15) is 38.5 Å². The van der Waals surface area contributed by atoms with Gasteiger partial charge in [0.05, 0.1) is 0 Å². The van der Waals surface area contributed by atoms with E-state index in [9.17, 15) is 0 Å². The Morgan fingerprint density at radius 2 is 2.11 bits per heavy atom. The maximum absolute atomic E-state index is 3.39. The number of hydrogen-bond donors (Lipinski definition) is 1. The first-order chi connectivity index (χ1) is 9.13. The summed E-state index contributed by atoms with van der Waals surface area (Å²) in [5, 5.41) is 3.39. The largest absolute Gasteiger partial charge is 0.319 e. The summed E-state index contributed by atoms with van der Waals surface area (Å²) >= 11 is 0. The summed E-state index contributed by atoms with van der Waals surface area (Å²) in [6.45, 7) is 6.39. The first-order valence-electron chi connectivity index (χ1n) is 8.15. The third kappa shape index (κ3) is 4.44. The average molecular weight is 267 g/mol. The molecule has 2 fully saturated rings. The highest BCUT2D eigenvalue weighted by atomic mass is 15.1. The lowest BCUT2D eigenvalue weighted by Gasteiger charge is -2.44. The molecule has 3 heteroatoms. The van der Waals surface area contributed by atoms with Gasteiger partial charge in [-0.1, -0.05) is 6.42 Å². The Morgan fingerprint density at radius 1 is 1.32 bits per heavy atom. The van der Waals surface area contributed by atoms with E-state index < -0.39 is 0 Å². The molecule has 19 heavy (non-hydrogen) atoms. The number of likely N-dealkylation sites (tertiary alicyclic amines) is 1. The van der Waals surface area contributed by atoms with Crippen molar-refractivity contribution in [1.29, 1.82) is 0 Å². The van der Waals surface area contributed by atoms with Gasteiger partial charge in [0, 0.05) is 19.6 Å². The Balaban J connectivity index is 1.67. The fourth-order valence-electron chi connectivity index (χ4n) is 4.01. The maximum atomic E-state index is 3.39. The van der Waals surface area contributed by atoms with Gasteiger partial charge >= 0.3 is 0 Å². The van der Waals surface area contributed by atoms with Gasteiger partial charge in [0.2, 0.25) is 0 Å². The van der Waals surface area contributed by atoms with E-state index in [-0.39, 0.29) is 0 Å². The minimum atomic E-state index is 0.590. The fraction of sp³-hybridized carbons (Fsp3) is 1.00. The van der Waals surface area contributed by atoms with Gasteiger partial charge in [0.15, 0.2) is 0 Å². The maximum Gasteiger partial charge on any atom is 0.00471 e. The molecule has 1 atom stereocenters. The molecule has 0 radical (unpaired) electrons. The van der Waals surface area contributed by atoms with Gasteiger partial charge in [-0.05, 0) is 77.7 Å². The molecule has 1 unspecified atom stereocenters. The smallest absolute Gasteiger partial charge is 0.00471 e. The molecule has 0 bridgehead atoms. The highest BCUT2D eigenvalue weighted by Gasteiger charge is 2.37. The molecule has 0 spiro atoms. The van der Waals surface area contributed by atoms with Crippen LogP contribution in [0.2, 0.25) is 0 Å². The predicted molar refractivity (Wildman–Crippen MR) is 82.5 cm³/mol. The van der Waals surface area contributed by atoms with E-state index in [0.29, 0.717) is 5.41 Å². The third-order valence-electron chi connectivity index (χ3n) is 5.21. The van der Waals surface area contributed by atoms with Crippen LogP contribution in [0.3, 0.4) is 0 Å². The van der Waals surface area contributed by atoms with Crippen LogP contribution in [0.5, 0.6) is 0 Å². The van der Waals surface area contributed by atoms with Crippen molar-refractivity contribution < 1.29 is 0 Å². The van der Waals surface area contributed by atoms with Gasteiger partial charge in [-0.15, -0.1) is 0 Å². The van der Waals surface area contributed by atoms with E-state index in [1.54, 1.807) is 0 Å². The summed E-state index contributed by atoms with van der Waals surface area (Å²) in [4.78, 5) is 5.09. The topological polar surface area (TPSA) is 18.5 Å². The molecule has 1 saturated heterocycles. The van der Waals surface area contributed by atoms with Crippen molar-refractivity contribution in [3.05, 3.63) is 0 Å². The Bertz CT molecular complexity index is 263. The molecule has 112 valence electrons. The van der Waals surface area contributed by atoms with Crippen LogP contribution in [-0.4, -0.2) is 63.7 Å². The summed E-state index contributed by atoms with van der Waals surface area (Å²) in [5.74, 6) is 0.933. The summed E-state index contributed by atoms with van der Waals surface area (Å²) in [6, 6.07) is 0. The van der Waals surface area contributed by atoms with Gasteiger partial charge in [-0.2, -0.15) is 0 Å². The Labute approximate surface area is 119 Å². The van der Waals surface area contributed by atoms with Crippen molar-refractivity contribution in [2.75, 3.05) is 53.9 Å². The lowest BCUT2D eigenvalue weighted by molar-refractivity contribution is 0.0746. The zero-order valence-electron chi connectivity index (χ0n) is 13.2. The third-order valence-corrected chi connectivity index (χ3v) is 5.21. The van der Waals surface area contributed by atoms with Crippen molar-refractivity contribution in [2.45, 2.75) is 38.5 Å². The van der Waals surface area contributed by atoms with Crippen LogP contribution in [-0.2, 0) is 0 Å². The molecule has 2 aliphatic rings. The van der Waals surface area contributed by atoms with Gasteiger partial charge in [-0.25, -0.2) is 0 Å². The monoisotopic (exact) mass is 267 g/mol. The molecule has 2 rings (SSSR count). The SMILES string of the molecule is CNCC1(CN(C)CCC2CCCN(C)C2)CCC1. The molecule has 1 N–H and O–H groups in total. The Morgan fingerprint density at radius 3 is 2.68 bits per heavy atom. The quantitative estimate of drug-likeness (QED) is 0.761.